The third-order valence-electron chi connectivity index (χ3n) is 4.94. The minimum atomic E-state index is 0.252. The van der Waals surface area contributed by atoms with Gasteiger partial charge in [0.2, 0.25) is 5.91 Å². The highest BCUT2D eigenvalue weighted by Crippen LogP contribution is 2.57. The monoisotopic (exact) mass is 281 g/mol. The fourth-order valence-corrected chi connectivity index (χ4v) is 3.74. The molecule has 1 aromatic heterocycles. The average molecular weight is 281 g/mol. The number of nitrogens with one attached hydrogen (secondary N) is 2. The van der Waals surface area contributed by atoms with Gasteiger partial charge in [-0.3, -0.25) is 9.89 Å². The summed E-state index contributed by atoms with van der Waals surface area (Å²) in [7, 11) is 0. The van der Waals surface area contributed by atoms with E-state index >= 15 is 0 Å². The van der Waals surface area contributed by atoms with Gasteiger partial charge in [0.15, 0.2) is 0 Å². The summed E-state index contributed by atoms with van der Waals surface area (Å²) < 4.78 is 0. The lowest BCUT2D eigenvalue weighted by Gasteiger charge is -2.07. The molecule has 108 valence electrons. The number of hydrogen-bond donors (Lipinski definition) is 2. The molecule has 0 aliphatic heterocycles. The number of fused-ring (bicyclic) bond motifs is 1. The third-order valence-corrected chi connectivity index (χ3v) is 4.94. The van der Waals surface area contributed by atoms with Crippen LogP contribution in [-0.4, -0.2) is 16.1 Å². The number of H-pyrrole nitrogens is 1. The lowest BCUT2D eigenvalue weighted by molar-refractivity contribution is -0.123. The van der Waals surface area contributed by atoms with Gasteiger partial charge in [-0.05, 0) is 41.9 Å². The molecule has 4 rings (SSSR count). The second kappa shape index (κ2) is 5.02. The van der Waals surface area contributed by atoms with Crippen LogP contribution in [0.2, 0.25) is 0 Å². The zero-order chi connectivity index (χ0) is 14.2. The lowest BCUT2D eigenvalue weighted by Crippen LogP contribution is -2.26. The first-order chi connectivity index (χ1) is 10.3. The van der Waals surface area contributed by atoms with E-state index < -0.39 is 0 Å². The largest absolute Gasteiger partial charge is 0.352 e. The van der Waals surface area contributed by atoms with E-state index in [2.05, 4.69) is 39.8 Å². The molecule has 0 spiro atoms. The average Bonchev–Trinajstić information content (AvgIpc) is 2.95. The summed E-state index contributed by atoms with van der Waals surface area (Å²) in [4.78, 5) is 12.1. The van der Waals surface area contributed by atoms with E-state index in [4.69, 9.17) is 0 Å². The van der Waals surface area contributed by atoms with Crippen molar-refractivity contribution in [3.05, 3.63) is 42.1 Å². The van der Waals surface area contributed by atoms with Crippen LogP contribution in [0, 0.1) is 17.8 Å². The first-order valence-corrected chi connectivity index (χ1v) is 7.69. The number of aromatic nitrogens is 2. The molecule has 0 radical (unpaired) electrons. The molecule has 2 unspecified atom stereocenters. The van der Waals surface area contributed by atoms with E-state index in [1.165, 1.54) is 19.3 Å². The van der Waals surface area contributed by atoms with Gasteiger partial charge in [0.05, 0.1) is 5.69 Å². The van der Waals surface area contributed by atoms with Crippen LogP contribution >= 0.6 is 0 Å². The maximum atomic E-state index is 12.1. The van der Waals surface area contributed by atoms with Crippen molar-refractivity contribution >= 4 is 5.91 Å². The van der Waals surface area contributed by atoms with Crippen molar-refractivity contribution in [2.45, 2.75) is 25.8 Å². The van der Waals surface area contributed by atoms with Crippen molar-refractivity contribution < 1.29 is 4.79 Å². The highest BCUT2D eigenvalue weighted by atomic mass is 16.2. The summed E-state index contributed by atoms with van der Waals surface area (Å²) in [6.45, 7) is 0.623. The highest BCUT2D eigenvalue weighted by molar-refractivity contribution is 5.82. The first kappa shape index (κ1) is 12.6. The van der Waals surface area contributed by atoms with Crippen LogP contribution in [0.5, 0.6) is 0 Å². The van der Waals surface area contributed by atoms with Crippen LogP contribution < -0.4 is 5.32 Å². The quantitative estimate of drug-likeness (QED) is 0.905. The predicted octanol–water partition coefficient (Wildman–Crippen LogP) is 2.74. The Morgan fingerprint density at radius 2 is 1.95 bits per heavy atom. The van der Waals surface area contributed by atoms with Crippen molar-refractivity contribution in [3.8, 4) is 11.3 Å². The van der Waals surface area contributed by atoms with Crippen molar-refractivity contribution in [1.82, 2.24) is 15.5 Å². The smallest absolute Gasteiger partial charge is 0.223 e. The van der Waals surface area contributed by atoms with E-state index in [1.54, 1.807) is 6.20 Å². The third kappa shape index (κ3) is 2.35. The molecule has 2 aliphatic carbocycles. The van der Waals surface area contributed by atoms with Gasteiger partial charge in [-0.25, -0.2) is 0 Å². The second-order valence-electron chi connectivity index (χ2n) is 6.17. The minimum absolute atomic E-state index is 0.252. The molecule has 21 heavy (non-hydrogen) atoms. The number of rotatable bonds is 4. The molecule has 4 nitrogen and oxygen atoms in total. The molecular weight excluding hydrogens is 262 g/mol. The fourth-order valence-electron chi connectivity index (χ4n) is 3.74. The second-order valence-corrected chi connectivity index (χ2v) is 6.17. The van der Waals surface area contributed by atoms with E-state index in [1.807, 2.05) is 6.07 Å². The Morgan fingerprint density at radius 1 is 1.19 bits per heavy atom. The summed E-state index contributed by atoms with van der Waals surface area (Å²) in [6, 6.07) is 10.2. The Hall–Kier alpha value is -2.10. The SMILES string of the molecule is O=C(NCc1ccc(-c2ccn[nH]2)cc1)C1C2CCCC21. The maximum absolute atomic E-state index is 12.1. The molecule has 2 fully saturated rings. The van der Waals surface area contributed by atoms with Gasteiger partial charge in [-0.15, -0.1) is 0 Å². The molecule has 1 aromatic carbocycles. The predicted molar refractivity (Wildman–Crippen MR) is 80.2 cm³/mol. The normalized spacial score (nSPS) is 26.4. The summed E-state index contributed by atoms with van der Waals surface area (Å²) in [6.07, 6.45) is 5.56. The maximum Gasteiger partial charge on any atom is 0.223 e. The molecule has 2 atom stereocenters. The van der Waals surface area contributed by atoms with Gasteiger partial charge in [-0.1, -0.05) is 30.7 Å². The van der Waals surface area contributed by atoms with Gasteiger partial charge in [0.25, 0.3) is 0 Å². The molecule has 1 heterocycles. The number of amides is 1. The topological polar surface area (TPSA) is 57.8 Å². The number of benzene rings is 1. The van der Waals surface area contributed by atoms with Crippen LogP contribution in [0.1, 0.15) is 24.8 Å². The van der Waals surface area contributed by atoms with Crippen molar-refractivity contribution in [1.29, 1.82) is 0 Å². The standard InChI is InChI=1S/C17H19N3O/c21-17(16-13-2-1-3-14(13)16)18-10-11-4-6-12(7-5-11)15-8-9-19-20-15/h4-9,13-14,16H,1-3,10H2,(H,18,21)(H,19,20). The van der Waals surface area contributed by atoms with Gasteiger partial charge < -0.3 is 5.32 Å². The first-order valence-electron chi connectivity index (χ1n) is 7.69. The van der Waals surface area contributed by atoms with Gasteiger partial charge in [0.1, 0.15) is 0 Å². The Morgan fingerprint density at radius 3 is 2.62 bits per heavy atom. The van der Waals surface area contributed by atoms with Crippen molar-refractivity contribution in [3.63, 3.8) is 0 Å². The minimum Gasteiger partial charge on any atom is -0.352 e. The molecule has 0 bridgehead atoms. The molecule has 2 saturated carbocycles. The fraction of sp³-hybridized carbons (Fsp3) is 0.412. The van der Waals surface area contributed by atoms with E-state index in [0.717, 1.165) is 16.8 Å². The number of nitrogens with zero attached hydrogens (tertiary/aromatic N) is 1. The highest BCUT2D eigenvalue weighted by Gasteiger charge is 2.56. The van der Waals surface area contributed by atoms with Crippen LogP contribution in [-0.2, 0) is 11.3 Å². The van der Waals surface area contributed by atoms with Crippen LogP contribution in [0.15, 0.2) is 36.5 Å². The lowest BCUT2D eigenvalue weighted by atomic mass is 10.1. The van der Waals surface area contributed by atoms with Crippen LogP contribution in [0.25, 0.3) is 11.3 Å². The summed E-state index contributed by atoms with van der Waals surface area (Å²) in [5.41, 5.74) is 3.26. The Bertz CT molecular complexity index is 623. The van der Waals surface area contributed by atoms with E-state index in [9.17, 15) is 4.79 Å². The molecule has 2 N–H and O–H groups in total. The molecule has 0 saturated heterocycles. The molecule has 1 amide bonds. The van der Waals surface area contributed by atoms with Crippen LogP contribution in [0.4, 0.5) is 0 Å². The Kier molecular flexibility index (Phi) is 3.02. The summed E-state index contributed by atoms with van der Waals surface area (Å²) in [5.74, 6) is 1.94. The number of aromatic amines is 1. The van der Waals surface area contributed by atoms with Gasteiger partial charge in [0, 0.05) is 18.7 Å². The van der Waals surface area contributed by atoms with Crippen molar-refractivity contribution in [2.24, 2.45) is 17.8 Å². The Labute approximate surface area is 124 Å². The molecule has 2 aromatic rings. The van der Waals surface area contributed by atoms with E-state index in [0.29, 0.717) is 24.3 Å². The molecule has 4 heteroatoms. The van der Waals surface area contributed by atoms with Gasteiger partial charge in [-0.2, -0.15) is 5.10 Å². The Balaban J connectivity index is 1.34. The summed E-state index contributed by atoms with van der Waals surface area (Å²) in [5, 5.41) is 9.99. The van der Waals surface area contributed by atoms with Crippen molar-refractivity contribution in [2.75, 3.05) is 0 Å². The molecular formula is C17H19N3O. The zero-order valence-corrected chi connectivity index (χ0v) is 11.9. The van der Waals surface area contributed by atoms with E-state index in [-0.39, 0.29) is 5.91 Å². The zero-order valence-electron chi connectivity index (χ0n) is 11.9. The number of carbonyl (C=O) groups is 1. The summed E-state index contributed by atoms with van der Waals surface area (Å²) >= 11 is 0. The van der Waals surface area contributed by atoms with Crippen LogP contribution in [0.3, 0.4) is 0 Å². The molecule has 2 aliphatic rings. The number of carbonyl (C=O) groups excluding carboxylic acids is 1. The number of hydrogen-bond acceptors (Lipinski definition) is 2. The van der Waals surface area contributed by atoms with Gasteiger partial charge >= 0.3 is 0 Å².